The van der Waals surface area contributed by atoms with Gasteiger partial charge in [0.25, 0.3) is 0 Å². The summed E-state index contributed by atoms with van der Waals surface area (Å²) in [5.74, 6) is -0.836. The summed E-state index contributed by atoms with van der Waals surface area (Å²) >= 11 is 7.59. The van der Waals surface area contributed by atoms with E-state index in [2.05, 4.69) is 9.88 Å². The highest BCUT2D eigenvalue weighted by atomic mass is 35.5. The topological polar surface area (TPSA) is 129 Å². The van der Waals surface area contributed by atoms with Crippen molar-refractivity contribution in [2.24, 2.45) is 10.9 Å². The number of carbonyl (C=O) groups excluding carboxylic acids is 1. The lowest BCUT2D eigenvalue weighted by molar-refractivity contribution is -0.118. The number of ether oxygens (including phenoxy) is 1. The second-order valence-corrected chi connectivity index (χ2v) is 10.1. The first kappa shape index (κ1) is 22.7. The molecule has 2 heterocycles. The van der Waals surface area contributed by atoms with Crippen molar-refractivity contribution in [3.8, 4) is 10.6 Å². The largest absolute Gasteiger partial charge is 0.378 e. The van der Waals surface area contributed by atoms with E-state index in [0.29, 0.717) is 53.0 Å². The fourth-order valence-corrected chi connectivity index (χ4v) is 5.61. The van der Waals surface area contributed by atoms with Gasteiger partial charge in [-0.1, -0.05) is 41.9 Å². The molecule has 4 N–H and O–H groups in total. The number of morpholine rings is 1. The first-order chi connectivity index (χ1) is 15.3. The Balaban J connectivity index is 1.79. The van der Waals surface area contributed by atoms with Crippen LogP contribution < -0.4 is 15.8 Å². The van der Waals surface area contributed by atoms with Crippen LogP contribution in [0.15, 0.2) is 52.7 Å². The predicted molar refractivity (Wildman–Crippen MR) is 124 cm³/mol. The number of thiazole rings is 1. The molecule has 1 saturated heterocycles. The summed E-state index contributed by atoms with van der Waals surface area (Å²) in [6.45, 7) is 2.64. The van der Waals surface area contributed by atoms with Gasteiger partial charge in [-0.15, -0.1) is 11.3 Å². The average molecular weight is 493 g/mol. The first-order valence-electron chi connectivity index (χ1n) is 9.75. The van der Waals surface area contributed by atoms with E-state index in [1.165, 1.54) is 17.4 Å². The minimum Gasteiger partial charge on any atom is -0.378 e. The quantitative estimate of drug-likeness (QED) is 0.544. The van der Waals surface area contributed by atoms with Gasteiger partial charge in [0.2, 0.25) is 15.9 Å². The van der Waals surface area contributed by atoms with Gasteiger partial charge in [0.05, 0.1) is 24.0 Å². The normalized spacial score (nSPS) is 15.5. The van der Waals surface area contributed by atoms with Crippen LogP contribution in [0.3, 0.4) is 0 Å². The molecule has 168 valence electrons. The number of hydrogen-bond acceptors (Lipinski definition) is 7. The fourth-order valence-electron chi connectivity index (χ4n) is 3.66. The summed E-state index contributed by atoms with van der Waals surface area (Å²) in [5, 5.41) is 8.27. The molecule has 32 heavy (non-hydrogen) atoms. The minimum absolute atomic E-state index is 0.129. The molecule has 4 rings (SSSR count). The van der Waals surface area contributed by atoms with Gasteiger partial charge in [-0.25, -0.2) is 18.5 Å². The lowest BCUT2D eigenvalue weighted by Gasteiger charge is -2.26. The number of hydrogen-bond donors (Lipinski definition) is 2. The van der Waals surface area contributed by atoms with E-state index in [0.717, 1.165) is 5.82 Å². The molecular weight excluding hydrogens is 472 g/mol. The van der Waals surface area contributed by atoms with Crippen LogP contribution in [0.1, 0.15) is 17.0 Å². The summed E-state index contributed by atoms with van der Waals surface area (Å²) in [6, 6.07) is 11.4. The number of halogens is 1. The van der Waals surface area contributed by atoms with E-state index < -0.39 is 21.8 Å². The summed E-state index contributed by atoms with van der Waals surface area (Å²) in [6.07, 6.45) is 0. The smallest absolute Gasteiger partial charge is 0.238 e. The van der Waals surface area contributed by atoms with Gasteiger partial charge < -0.3 is 15.4 Å². The Morgan fingerprint density at radius 2 is 1.91 bits per heavy atom. The van der Waals surface area contributed by atoms with Crippen molar-refractivity contribution in [1.82, 2.24) is 4.98 Å². The monoisotopic (exact) mass is 492 g/mol. The van der Waals surface area contributed by atoms with E-state index in [1.807, 2.05) is 5.38 Å². The van der Waals surface area contributed by atoms with E-state index in [-0.39, 0.29) is 4.90 Å². The predicted octanol–water partition coefficient (Wildman–Crippen LogP) is 2.56. The third-order valence-corrected chi connectivity index (χ3v) is 7.36. The van der Waals surface area contributed by atoms with Gasteiger partial charge in [-0.05, 0) is 23.3 Å². The minimum atomic E-state index is -4.12. The van der Waals surface area contributed by atoms with Gasteiger partial charge in [0.1, 0.15) is 10.8 Å². The maximum atomic E-state index is 12.5. The zero-order chi connectivity index (χ0) is 22.9. The van der Waals surface area contributed by atoms with Crippen molar-refractivity contribution in [3.63, 3.8) is 0 Å². The highest BCUT2D eigenvalue weighted by Gasteiger charge is 2.27. The Morgan fingerprint density at radius 1 is 1.19 bits per heavy atom. The van der Waals surface area contributed by atoms with Gasteiger partial charge >= 0.3 is 0 Å². The van der Waals surface area contributed by atoms with Crippen molar-refractivity contribution >= 4 is 44.7 Å². The molecule has 1 fully saturated rings. The van der Waals surface area contributed by atoms with E-state index in [1.54, 1.807) is 36.4 Å². The molecule has 0 bridgehead atoms. The van der Waals surface area contributed by atoms with Crippen LogP contribution in [-0.2, 0) is 19.6 Å². The van der Waals surface area contributed by atoms with Crippen LogP contribution in [0, 0.1) is 0 Å². The molecule has 1 amide bonds. The summed E-state index contributed by atoms with van der Waals surface area (Å²) in [4.78, 5) is 18.9. The lowest BCUT2D eigenvalue weighted by Crippen LogP contribution is -2.36. The molecular formula is C21H21ClN4O4S2. The molecule has 1 aromatic heterocycles. The molecule has 0 aliphatic carbocycles. The van der Waals surface area contributed by atoms with Crippen molar-refractivity contribution < 1.29 is 17.9 Å². The fraction of sp³-hybridized carbons (Fsp3) is 0.238. The second-order valence-electron chi connectivity index (χ2n) is 7.27. The highest BCUT2D eigenvalue weighted by Crippen LogP contribution is 2.36. The summed E-state index contributed by atoms with van der Waals surface area (Å²) in [7, 11) is -4.12. The van der Waals surface area contributed by atoms with E-state index >= 15 is 0 Å². The number of anilines is 1. The Kier molecular flexibility index (Phi) is 6.50. The van der Waals surface area contributed by atoms with Gasteiger partial charge in [-0.2, -0.15) is 0 Å². The van der Waals surface area contributed by atoms with Gasteiger partial charge in [0, 0.05) is 29.1 Å². The molecule has 0 spiro atoms. The molecule has 1 aliphatic heterocycles. The maximum absolute atomic E-state index is 12.5. The summed E-state index contributed by atoms with van der Waals surface area (Å²) < 4.78 is 30.3. The van der Waals surface area contributed by atoms with Crippen LogP contribution in [-0.4, -0.2) is 45.6 Å². The molecule has 1 aliphatic rings. The van der Waals surface area contributed by atoms with Crippen molar-refractivity contribution in [2.75, 3.05) is 31.2 Å². The zero-order valence-corrected chi connectivity index (χ0v) is 19.3. The van der Waals surface area contributed by atoms with Gasteiger partial charge in [0.15, 0.2) is 0 Å². The van der Waals surface area contributed by atoms with Crippen molar-refractivity contribution in [2.45, 2.75) is 10.8 Å². The Morgan fingerprint density at radius 3 is 2.56 bits per heavy atom. The van der Waals surface area contributed by atoms with Gasteiger partial charge in [-0.3, -0.25) is 4.79 Å². The standard InChI is InChI=1S/C21H21ClN4O4S2/c22-16-4-2-1-3-14(16)19(20(23)27)13-5-6-15(17(11-13)32(24,28)29)21-25-18(12-31-21)26-7-9-30-10-8-26/h1-6,11-12,19H,7-10H2,(H2,23,27)(H2,24,28,29). The number of primary amides is 1. The summed E-state index contributed by atoms with van der Waals surface area (Å²) in [5.41, 5.74) is 6.89. The Bertz CT molecular complexity index is 1260. The molecule has 0 saturated carbocycles. The SMILES string of the molecule is NC(=O)C(c1ccc(-c2nc(N3CCOCC3)cs2)c(S(N)(=O)=O)c1)c1ccccc1Cl. The number of aromatic nitrogens is 1. The Labute approximate surface area is 194 Å². The first-order valence-corrected chi connectivity index (χ1v) is 12.5. The van der Waals surface area contributed by atoms with Crippen LogP contribution in [0.4, 0.5) is 5.82 Å². The number of amides is 1. The lowest BCUT2D eigenvalue weighted by atomic mass is 9.90. The number of primary sulfonamides is 1. The number of nitrogens with zero attached hydrogens (tertiary/aromatic N) is 2. The molecule has 2 aromatic carbocycles. The number of sulfonamides is 1. The van der Waals surface area contributed by atoms with Crippen LogP contribution in [0.25, 0.3) is 10.6 Å². The van der Waals surface area contributed by atoms with E-state index in [4.69, 9.17) is 27.2 Å². The van der Waals surface area contributed by atoms with Crippen LogP contribution >= 0.6 is 22.9 Å². The third-order valence-electron chi connectivity index (χ3n) is 5.20. The molecule has 1 unspecified atom stereocenters. The second kappa shape index (κ2) is 9.16. The molecule has 3 aromatic rings. The average Bonchev–Trinajstić information content (AvgIpc) is 3.25. The highest BCUT2D eigenvalue weighted by molar-refractivity contribution is 7.89. The third kappa shape index (κ3) is 4.64. The maximum Gasteiger partial charge on any atom is 0.238 e. The van der Waals surface area contributed by atoms with Crippen molar-refractivity contribution in [1.29, 1.82) is 0 Å². The number of rotatable bonds is 6. The molecule has 11 heteroatoms. The molecule has 8 nitrogen and oxygen atoms in total. The number of nitrogens with two attached hydrogens (primary N) is 2. The van der Waals surface area contributed by atoms with E-state index in [9.17, 15) is 13.2 Å². The number of benzene rings is 2. The van der Waals surface area contributed by atoms with Crippen molar-refractivity contribution in [3.05, 3.63) is 64.0 Å². The number of carbonyl (C=O) groups is 1. The van der Waals surface area contributed by atoms with Crippen LogP contribution in [0.2, 0.25) is 5.02 Å². The zero-order valence-electron chi connectivity index (χ0n) is 16.9. The van der Waals surface area contributed by atoms with Crippen LogP contribution in [0.5, 0.6) is 0 Å². The molecule has 0 radical (unpaired) electrons. The molecule has 1 atom stereocenters. The Hall–Kier alpha value is -2.50.